The summed E-state index contributed by atoms with van der Waals surface area (Å²) in [5.74, 6) is 1.25. The predicted molar refractivity (Wildman–Crippen MR) is 91.3 cm³/mol. The summed E-state index contributed by atoms with van der Waals surface area (Å²) in [5.41, 5.74) is 2.27. The Balaban J connectivity index is 1.46. The lowest BCUT2D eigenvalue weighted by molar-refractivity contribution is -0.131. The Bertz CT molecular complexity index is 535. The molecule has 1 aromatic rings. The maximum Gasteiger partial charge on any atom is 0.222 e. The highest BCUT2D eigenvalue weighted by Gasteiger charge is 2.26. The first-order chi connectivity index (χ1) is 11.2. The fourth-order valence-corrected chi connectivity index (χ4v) is 3.43. The molecule has 1 saturated heterocycles. The molecule has 0 radical (unpaired) electrons. The minimum Gasteiger partial charge on any atom is -0.341 e. The first-order valence-electron chi connectivity index (χ1n) is 9.18. The molecule has 23 heavy (non-hydrogen) atoms. The summed E-state index contributed by atoms with van der Waals surface area (Å²) in [6.45, 7) is 10.3. The van der Waals surface area contributed by atoms with Crippen molar-refractivity contribution >= 4 is 5.91 Å². The van der Waals surface area contributed by atoms with Crippen molar-refractivity contribution in [2.75, 3.05) is 32.7 Å². The minimum absolute atomic E-state index is 0.307. The smallest absolute Gasteiger partial charge is 0.222 e. The van der Waals surface area contributed by atoms with E-state index in [0.717, 1.165) is 57.2 Å². The fraction of sp³-hybridized carbons (Fsp3) is 0.778. The Morgan fingerprint density at radius 3 is 2.78 bits per heavy atom. The highest BCUT2D eigenvalue weighted by atomic mass is 16.2. The third-order valence-corrected chi connectivity index (χ3v) is 5.13. The van der Waals surface area contributed by atoms with Gasteiger partial charge in [0.1, 0.15) is 0 Å². The van der Waals surface area contributed by atoms with Gasteiger partial charge >= 0.3 is 0 Å². The molecule has 2 fully saturated rings. The molecule has 1 aliphatic carbocycles. The second kappa shape index (κ2) is 7.47. The van der Waals surface area contributed by atoms with Gasteiger partial charge in [0, 0.05) is 45.3 Å². The van der Waals surface area contributed by atoms with Gasteiger partial charge in [-0.15, -0.1) is 0 Å². The standard InChI is InChI=1S/C18H30N4O/c1-3-22-14-17(15(2)19-22)7-8-18(23)21-10-4-9-20(11-12-21)13-16-5-6-16/h14,16H,3-13H2,1-2H3. The van der Waals surface area contributed by atoms with Crippen LogP contribution in [0.25, 0.3) is 0 Å². The van der Waals surface area contributed by atoms with Crippen LogP contribution in [0.4, 0.5) is 0 Å². The molecule has 0 aromatic carbocycles. The van der Waals surface area contributed by atoms with Crippen molar-refractivity contribution in [1.29, 1.82) is 0 Å². The number of rotatable bonds is 6. The van der Waals surface area contributed by atoms with E-state index in [9.17, 15) is 4.79 Å². The van der Waals surface area contributed by atoms with E-state index in [0.29, 0.717) is 12.3 Å². The summed E-state index contributed by atoms with van der Waals surface area (Å²) in [4.78, 5) is 17.2. The Morgan fingerprint density at radius 1 is 1.26 bits per heavy atom. The summed E-state index contributed by atoms with van der Waals surface area (Å²) in [6, 6.07) is 0. The van der Waals surface area contributed by atoms with Crippen molar-refractivity contribution in [3.05, 3.63) is 17.5 Å². The molecule has 1 amide bonds. The minimum atomic E-state index is 0.307. The lowest BCUT2D eigenvalue weighted by Gasteiger charge is -2.22. The number of hydrogen-bond donors (Lipinski definition) is 0. The molecule has 0 N–H and O–H groups in total. The fourth-order valence-electron chi connectivity index (χ4n) is 3.43. The zero-order valence-corrected chi connectivity index (χ0v) is 14.6. The van der Waals surface area contributed by atoms with Gasteiger partial charge in [-0.05, 0) is 57.6 Å². The average Bonchev–Trinajstić information content (AvgIpc) is 3.32. The molecule has 5 nitrogen and oxygen atoms in total. The van der Waals surface area contributed by atoms with E-state index >= 15 is 0 Å². The Morgan fingerprint density at radius 2 is 2.09 bits per heavy atom. The van der Waals surface area contributed by atoms with Crippen LogP contribution in [-0.2, 0) is 17.8 Å². The summed E-state index contributed by atoms with van der Waals surface area (Å²) in [5, 5.41) is 4.46. The summed E-state index contributed by atoms with van der Waals surface area (Å²) in [6.07, 6.45) is 7.44. The second-order valence-electron chi connectivity index (χ2n) is 7.07. The second-order valence-corrected chi connectivity index (χ2v) is 7.07. The summed E-state index contributed by atoms with van der Waals surface area (Å²) in [7, 11) is 0. The van der Waals surface area contributed by atoms with Gasteiger partial charge in [-0.25, -0.2) is 0 Å². The average molecular weight is 318 g/mol. The molecule has 2 heterocycles. The molecule has 1 aliphatic heterocycles. The third kappa shape index (κ3) is 4.56. The van der Waals surface area contributed by atoms with E-state index in [2.05, 4.69) is 28.0 Å². The van der Waals surface area contributed by atoms with Crippen molar-refractivity contribution in [2.24, 2.45) is 5.92 Å². The molecule has 0 atom stereocenters. The van der Waals surface area contributed by atoms with Gasteiger partial charge in [0.05, 0.1) is 5.69 Å². The normalized spacial score (nSPS) is 19.8. The van der Waals surface area contributed by atoms with E-state index < -0.39 is 0 Å². The molecule has 0 bridgehead atoms. The Kier molecular flexibility index (Phi) is 5.36. The summed E-state index contributed by atoms with van der Waals surface area (Å²) >= 11 is 0. The lowest BCUT2D eigenvalue weighted by atomic mass is 10.1. The molecular weight excluding hydrogens is 288 g/mol. The van der Waals surface area contributed by atoms with Gasteiger partial charge in [-0.2, -0.15) is 5.10 Å². The van der Waals surface area contributed by atoms with Crippen molar-refractivity contribution in [1.82, 2.24) is 19.6 Å². The molecule has 3 rings (SSSR count). The number of nitrogens with zero attached hydrogens (tertiary/aromatic N) is 4. The van der Waals surface area contributed by atoms with Crippen molar-refractivity contribution in [3.63, 3.8) is 0 Å². The van der Waals surface area contributed by atoms with Crippen LogP contribution in [0.3, 0.4) is 0 Å². The first kappa shape index (κ1) is 16.5. The van der Waals surface area contributed by atoms with Crippen molar-refractivity contribution in [3.8, 4) is 0 Å². The van der Waals surface area contributed by atoms with Crippen LogP contribution < -0.4 is 0 Å². The molecule has 5 heteroatoms. The molecule has 1 saturated carbocycles. The van der Waals surface area contributed by atoms with Crippen LogP contribution in [0.1, 0.15) is 43.9 Å². The van der Waals surface area contributed by atoms with Crippen LogP contribution in [0.5, 0.6) is 0 Å². The van der Waals surface area contributed by atoms with E-state index in [1.807, 2.05) is 11.6 Å². The molecule has 2 aliphatic rings. The monoisotopic (exact) mass is 318 g/mol. The molecule has 1 aromatic heterocycles. The Labute approximate surface area is 139 Å². The summed E-state index contributed by atoms with van der Waals surface area (Å²) < 4.78 is 1.96. The number of aromatic nitrogens is 2. The molecule has 128 valence electrons. The lowest BCUT2D eigenvalue weighted by Crippen LogP contribution is -2.35. The topological polar surface area (TPSA) is 41.4 Å². The van der Waals surface area contributed by atoms with Crippen LogP contribution in [0.2, 0.25) is 0 Å². The zero-order valence-electron chi connectivity index (χ0n) is 14.6. The quantitative estimate of drug-likeness (QED) is 0.806. The van der Waals surface area contributed by atoms with Gasteiger partial charge in [0.25, 0.3) is 0 Å². The van der Waals surface area contributed by atoms with Gasteiger partial charge in [-0.3, -0.25) is 9.48 Å². The van der Waals surface area contributed by atoms with E-state index in [-0.39, 0.29) is 0 Å². The molecule has 0 unspecified atom stereocenters. The first-order valence-corrected chi connectivity index (χ1v) is 9.18. The van der Waals surface area contributed by atoms with Crippen LogP contribution in [-0.4, -0.2) is 58.2 Å². The largest absolute Gasteiger partial charge is 0.341 e. The maximum absolute atomic E-state index is 12.5. The highest BCUT2D eigenvalue weighted by Crippen LogP contribution is 2.29. The van der Waals surface area contributed by atoms with Crippen molar-refractivity contribution < 1.29 is 4.79 Å². The number of aryl methyl sites for hydroxylation is 3. The van der Waals surface area contributed by atoms with Gasteiger partial charge in [-0.1, -0.05) is 0 Å². The third-order valence-electron chi connectivity index (χ3n) is 5.13. The van der Waals surface area contributed by atoms with Gasteiger partial charge in [0.15, 0.2) is 0 Å². The molecule has 0 spiro atoms. The Hall–Kier alpha value is -1.36. The predicted octanol–water partition coefficient (Wildman–Crippen LogP) is 2.09. The van der Waals surface area contributed by atoms with Gasteiger partial charge < -0.3 is 9.80 Å². The number of hydrogen-bond acceptors (Lipinski definition) is 3. The number of amides is 1. The van der Waals surface area contributed by atoms with Crippen molar-refractivity contribution in [2.45, 2.75) is 52.5 Å². The highest BCUT2D eigenvalue weighted by molar-refractivity contribution is 5.76. The van der Waals surface area contributed by atoms with Crippen LogP contribution in [0.15, 0.2) is 6.20 Å². The SMILES string of the molecule is CCn1cc(CCC(=O)N2CCCN(CC3CC3)CC2)c(C)n1. The zero-order chi connectivity index (χ0) is 16.2. The number of carbonyl (C=O) groups is 1. The van der Waals surface area contributed by atoms with E-state index in [1.54, 1.807) is 0 Å². The number of carbonyl (C=O) groups excluding carboxylic acids is 1. The van der Waals surface area contributed by atoms with E-state index in [4.69, 9.17) is 0 Å². The van der Waals surface area contributed by atoms with Crippen LogP contribution in [0, 0.1) is 12.8 Å². The van der Waals surface area contributed by atoms with Crippen LogP contribution >= 0.6 is 0 Å². The maximum atomic E-state index is 12.5. The molecular formula is C18H30N4O. The van der Waals surface area contributed by atoms with E-state index in [1.165, 1.54) is 24.9 Å². The van der Waals surface area contributed by atoms with Gasteiger partial charge in [0.2, 0.25) is 5.91 Å².